The number of hydrogen-bond acceptors (Lipinski definition) is 3. The van der Waals surface area contributed by atoms with E-state index < -0.39 is 0 Å². The zero-order valence-electron chi connectivity index (χ0n) is 16.5. The van der Waals surface area contributed by atoms with Crippen molar-refractivity contribution in [2.24, 2.45) is 23.7 Å². The van der Waals surface area contributed by atoms with Crippen LogP contribution in [-0.2, 0) is 16.0 Å². The third kappa shape index (κ3) is 2.38. The molecule has 150 valence electrons. The molecule has 3 amide bonds. The highest BCUT2D eigenvalue weighted by Gasteiger charge is 2.59. The van der Waals surface area contributed by atoms with E-state index in [9.17, 15) is 14.4 Å². The standard InChI is InChI=1S/C25H22N2O3/c28-23(26-12-4-7-15-5-1-2-9-20(15)26)18-6-3-8-19(14-18)27-24(29)21-16-10-11-17(13-16)22(21)25(27)30/h1-3,5-6,8-11,14,16-17,21-22H,4,7,12-13H2. The summed E-state index contributed by atoms with van der Waals surface area (Å²) in [5.74, 6) is -0.441. The lowest BCUT2D eigenvalue weighted by Gasteiger charge is -2.29. The van der Waals surface area contributed by atoms with E-state index in [0.717, 1.165) is 24.9 Å². The Labute approximate surface area is 175 Å². The number of allylic oxidation sites excluding steroid dienone is 2. The molecule has 6 rings (SSSR count). The number of hydrogen-bond donors (Lipinski definition) is 0. The summed E-state index contributed by atoms with van der Waals surface area (Å²) in [6.45, 7) is 0.667. The van der Waals surface area contributed by atoms with E-state index in [0.29, 0.717) is 17.8 Å². The van der Waals surface area contributed by atoms with Crippen molar-refractivity contribution in [3.05, 3.63) is 71.8 Å². The Morgan fingerprint density at radius 1 is 0.900 bits per heavy atom. The van der Waals surface area contributed by atoms with Gasteiger partial charge in [-0.3, -0.25) is 14.4 Å². The second kappa shape index (κ2) is 6.39. The van der Waals surface area contributed by atoms with Crippen LogP contribution in [0.1, 0.15) is 28.8 Å². The van der Waals surface area contributed by atoms with Crippen molar-refractivity contribution < 1.29 is 14.4 Å². The molecule has 4 unspecified atom stereocenters. The Balaban J connectivity index is 1.32. The molecule has 4 aliphatic rings. The van der Waals surface area contributed by atoms with Crippen molar-refractivity contribution in [3.63, 3.8) is 0 Å². The first-order valence-corrected chi connectivity index (χ1v) is 10.7. The number of imide groups is 1. The molecule has 2 aliphatic heterocycles. The van der Waals surface area contributed by atoms with Gasteiger partial charge in [0.2, 0.25) is 11.8 Å². The lowest BCUT2D eigenvalue weighted by Crippen LogP contribution is -2.36. The highest BCUT2D eigenvalue weighted by atomic mass is 16.2. The van der Waals surface area contributed by atoms with E-state index in [1.54, 1.807) is 24.3 Å². The lowest BCUT2D eigenvalue weighted by atomic mass is 9.85. The molecule has 0 N–H and O–H groups in total. The van der Waals surface area contributed by atoms with Gasteiger partial charge in [-0.25, -0.2) is 4.90 Å². The predicted octanol–water partition coefficient (Wildman–Crippen LogP) is 3.59. The number of anilines is 2. The van der Waals surface area contributed by atoms with Gasteiger partial charge in [0.1, 0.15) is 0 Å². The minimum absolute atomic E-state index is 0.0926. The van der Waals surface area contributed by atoms with Gasteiger partial charge in [-0.2, -0.15) is 0 Å². The van der Waals surface area contributed by atoms with Gasteiger partial charge in [-0.05, 0) is 60.9 Å². The summed E-state index contributed by atoms with van der Waals surface area (Å²) in [4.78, 5) is 42.7. The minimum atomic E-state index is -0.235. The summed E-state index contributed by atoms with van der Waals surface area (Å²) in [7, 11) is 0. The molecule has 2 aromatic rings. The van der Waals surface area contributed by atoms with Crippen LogP contribution in [0.25, 0.3) is 0 Å². The molecule has 0 radical (unpaired) electrons. The van der Waals surface area contributed by atoms with Crippen molar-refractivity contribution in [1.29, 1.82) is 0 Å². The molecule has 2 bridgehead atoms. The molecule has 5 nitrogen and oxygen atoms in total. The zero-order valence-corrected chi connectivity index (χ0v) is 16.5. The van der Waals surface area contributed by atoms with Gasteiger partial charge in [0.25, 0.3) is 5.91 Å². The first-order chi connectivity index (χ1) is 14.6. The molecule has 0 aromatic heterocycles. The van der Waals surface area contributed by atoms with Gasteiger partial charge in [-0.1, -0.05) is 36.4 Å². The lowest BCUT2D eigenvalue weighted by molar-refractivity contribution is -0.123. The van der Waals surface area contributed by atoms with E-state index in [-0.39, 0.29) is 41.4 Å². The number of carbonyl (C=O) groups excluding carboxylic acids is 3. The predicted molar refractivity (Wildman–Crippen MR) is 113 cm³/mol. The Morgan fingerprint density at radius 3 is 2.40 bits per heavy atom. The molecule has 2 fully saturated rings. The summed E-state index contributed by atoms with van der Waals surface area (Å²) in [6, 6.07) is 15.0. The summed E-state index contributed by atoms with van der Waals surface area (Å²) in [5.41, 5.74) is 3.14. The van der Waals surface area contributed by atoms with Crippen molar-refractivity contribution in [1.82, 2.24) is 0 Å². The molecule has 4 atom stereocenters. The fraction of sp³-hybridized carbons (Fsp3) is 0.320. The van der Waals surface area contributed by atoms with Crippen LogP contribution in [0.4, 0.5) is 11.4 Å². The highest BCUT2D eigenvalue weighted by molar-refractivity contribution is 6.23. The Kier molecular flexibility index (Phi) is 3.76. The topological polar surface area (TPSA) is 57.7 Å². The van der Waals surface area contributed by atoms with E-state index >= 15 is 0 Å². The van der Waals surface area contributed by atoms with E-state index in [2.05, 4.69) is 18.2 Å². The summed E-state index contributed by atoms with van der Waals surface area (Å²) >= 11 is 0. The highest BCUT2D eigenvalue weighted by Crippen LogP contribution is 2.53. The number of aryl methyl sites for hydroxylation is 1. The number of para-hydroxylation sites is 1. The van der Waals surface area contributed by atoms with E-state index in [4.69, 9.17) is 0 Å². The van der Waals surface area contributed by atoms with E-state index in [1.165, 1.54) is 10.5 Å². The molecule has 30 heavy (non-hydrogen) atoms. The van der Waals surface area contributed by atoms with Crippen LogP contribution in [-0.4, -0.2) is 24.3 Å². The molecular weight excluding hydrogens is 376 g/mol. The molecule has 2 aliphatic carbocycles. The SMILES string of the molecule is O=C(c1cccc(N2C(=O)C3C4C=CC(C4)C3C2=O)c1)N1CCCc2ccccc21. The van der Waals surface area contributed by atoms with Gasteiger partial charge >= 0.3 is 0 Å². The first-order valence-electron chi connectivity index (χ1n) is 10.7. The van der Waals surface area contributed by atoms with Crippen molar-refractivity contribution in [3.8, 4) is 0 Å². The van der Waals surface area contributed by atoms with Crippen LogP contribution in [0.3, 0.4) is 0 Å². The molecule has 1 saturated heterocycles. The first kappa shape index (κ1) is 17.6. The molecule has 2 aromatic carbocycles. The number of carbonyl (C=O) groups is 3. The van der Waals surface area contributed by atoms with Crippen LogP contribution in [0.2, 0.25) is 0 Å². The number of fused-ring (bicyclic) bond motifs is 6. The van der Waals surface area contributed by atoms with Crippen molar-refractivity contribution in [2.75, 3.05) is 16.3 Å². The average Bonchev–Trinajstić information content (AvgIpc) is 3.46. The number of benzene rings is 2. The maximum absolute atomic E-state index is 13.3. The largest absolute Gasteiger partial charge is 0.308 e. The quantitative estimate of drug-likeness (QED) is 0.574. The van der Waals surface area contributed by atoms with Gasteiger partial charge in [0.05, 0.1) is 17.5 Å². The second-order valence-corrected chi connectivity index (χ2v) is 8.75. The zero-order chi connectivity index (χ0) is 20.4. The maximum Gasteiger partial charge on any atom is 0.258 e. The van der Waals surface area contributed by atoms with Crippen LogP contribution >= 0.6 is 0 Å². The second-order valence-electron chi connectivity index (χ2n) is 8.75. The van der Waals surface area contributed by atoms with Crippen LogP contribution in [0.5, 0.6) is 0 Å². The van der Waals surface area contributed by atoms with Crippen molar-refractivity contribution >= 4 is 29.1 Å². The normalized spacial score (nSPS) is 28.8. The number of nitrogens with zero attached hydrogens (tertiary/aromatic N) is 2. The summed E-state index contributed by atoms with van der Waals surface area (Å²) in [5, 5.41) is 0. The van der Waals surface area contributed by atoms with Crippen LogP contribution in [0.15, 0.2) is 60.7 Å². The fourth-order valence-electron chi connectivity index (χ4n) is 5.84. The van der Waals surface area contributed by atoms with Gasteiger partial charge in [-0.15, -0.1) is 0 Å². The van der Waals surface area contributed by atoms with Crippen molar-refractivity contribution in [2.45, 2.75) is 19.3 Å². The third-order valence-corrected chi connectivity index (χ3v) is 7.18. The minimum Gasteiger partial charge on any atom is -0.308 e. The fourth-order valence-corrected chi connectivity index (χ4v) is 5.84. The Hall–Kier alpha value is -3.21. The third-order valence-electron chi connectivity index (χ3n) is 7.18. The van der Waals surface area contributed by atoms with Crippen LogP contribution < -0.4 is 9.80 Å². The van der Waals surface area contributed by atoms with Crippen LogP contribution in [0, 0.1) is 23.7 Å². The Bertz CT molecular complexity index is 1090. The van der Waals surface area contributed by atoms with Gasteiger partial charge in [0.15, 0.2) is 0 Å². The van der Waals surface area contributed by atoms with Gasteiger partial charge in [0, 0.05) is 17.8 Å². The molecule has 5 heteroatoms. The van der Waals surface area contributed by atoms with Gasteiger partial charge < -0.3 is 4.90 Å². The summed E-state index contributed by atoms with van der Waals surface area (Å²) < 4.78 is 0. The molecular formula is C25H22N2O3. The smallest absolute Gasteiger partial charge is 0.258 e. The van der Waals surface area contributed by atoms with E-state index in [1.807, 2.05) is 23.1 Å². The molecule has 2 heterocycles. The number of amides is 3. The average molecular weight is 398 g/mol. The number of rotatable bonds is 2. The monoisotopic (exact) mass is 398 g/mol. The molecule has 0 spiro atoms. The summed E-state index contributed by atoms with van der Waals surface area (Å²) in [6.07, 6.45) is 6.98. The Morgan fingerprint density at radius 2 is 1.63 bits per heavy atom. The molecule has 1 saturated carbocycles. The maximum atomic E-state index is 13.3.